The van der Waals surface area contributed by atoms with Crippen LogP contribution in [0.3, 0.4) is 0 Å². The van der Waals surface area contributed by atoms with E-state index in [1.807, 2.05) is 6.07 Å². The van der Waals surface area contributed by atoms with E-state index >= 15 is 0 Å². The minimum atomic E-state index is -0.486. The van der Waals surface area contributed by atoms with Crippen molar-refractivity contribution in [2.75, 3.05) is 29.2 Å². The van der Waals surface area contributed by atoms with Gasteiger partial charge in [0, 0.05) is 36.1 Å². The van der Waals surface area contributed by atoms with Gasteiger partial charge in [0.05, 0.1) is 19.3 Å². The molecule has 158 valence electrons. The topological polar surface area (TPSA) is 101 Å². The second-order valence-corrected chi connectivity index (χ2v) is 7.11. The van der Waals surface area contributed by atoms with Crippen molar-refractivity contribution in [3.05, 3.63) is 72.7 Å². The third-order valence-corrected chi connectivity index (χ3v) is 4.99. The molecule has 1 atom stereocenters. The van der Waals surface area contributed by atoms with Gasteiger partial charge in [0.15, 0.2) is 5.76 Å². The molecule has 8 heteroatoms. The molecule has 8 nitrogen and oxygen atoms in total. The summed E-state index contributed by atoms with van der Waals surface area (Å²) < 4.78 is 10.3. The average molecular weight is 419 g/mol. The fourth-order valence-corrected chi connectivity index (χ4v) is 3.43. The number of ether oxygens (including phenoxy) is 1. The van der Waals surface area contributed by atoms with E-state index in [4.69, 9.17) is 9.15 Å². The number of amides is 3. The number of hydrogen-bond acceptors (Lipinski definition) is 5. The zero-order chi connectivity index (χ0) is 21.8. The summed E-state index contributed by atoms with van der Waals surface area (Å²) in [5, 5.41) is 5.55. The first-order valence-electron chi connectivity index (χ1n) is 9.73. The first-order chi connectivity index (χ1) is 15.0. The fraction of sp³-hybridized carbons (Fsp3) is 0.174. The summed E-state index contributed by atoms with van der Waals surface area (Å²) >= 11 is 0. The Morgan fingerprint density at radius 1 is 1.03 bits per heavy atom. The molecule has 31 heavy (non-hydrogen) atoms. The Morgan fingerprint density at radius 3 is 2.55 bits per heavy atom. The van der Waals surface area contributed by atoms with Crippen LogP contribution in [0.5, 0.6) is 5.75 Å². The molecule has 0 saturated carbocycles. The minimum absolute atomic E-state index is 0.118. The second-order valence-electron chi connectivity index (χ2n) is 7.11. The van der Waals surface area contributed by atoms with E-state index in [2.05, 4.69) is 10.6 Å². The van der Waals surface area contributed by atoms with Gasteiger partial charge in [-0.2, -0.15) is 0 Å². The minimum Gasteiger partial charge on any atom is -0.497 e. The van der Waals surface area contributed by atoms with E-state index in [9.17, 15) is 14.4 Å². The van der Waals surface area contributed by atoms with E-state index in [0.29, 0.717) is 22.8 Å². The van der Waals surface area contributed by atoms with Crippen molar-refractivity contribution in [2.45, 2.75) is 6.42 Å². The van der Waals surface area contributed by atoms with E-state index in [-0.39, 0.29) is 36.4 Å². The highest BCUT2D eigenvalue weighted by molar-refractivity contribution is 6.05. The van der Waals surface area contributed by atoms with Gasteiger partial charge in [-0.05, 0) is 42.5 Å². The Balaban J connectivity index is 1.40. The van der Waals surface area contributed by atoms with Gasteiger partial charge in [0.1, 0.15) is 5.75 Å². The third kappa shape index (κ3) is 4.58. The number of carbonyl (C=O) groups excluding carboxylic acids is 3. The Kier molecular flexibility index (Phi) is 5.70. The fourth-order valence-electron chi connectivity index (χ4n) is 3.43. The summed E-state index contributed by atoms with van der Waals surface area (Å²) in [5.74, 6) is -0.409. The molecule has 2 heterocycles. The molecule has 0 spiro atoms. The van der Waals surface area contributed by atoms with Crippen molar-refractivity contribution in [3.8, 4) is 5.75 Å². The monoisotopic (exact) mass is 419 g/mol. The lowest BCUT2D eigenvalue weighted by Crippen LogP contribution is -2.28. The highest BCUT2D eigenvalue weighted by atomic mass is 16.5. The lowest BCUT2D eigenvalue weighted by molar-refractivity contribution is -0.122. The van der Waals surface area contributed by atoms with Crippen LogP contribution in [-0.4, -0.2) is 31.4 Å². The van der Waals surface area contributed by atoms with Crippen LogP contribution < -0.4 is 20.3 Å². The van der Waals surface area contributed by atoms with Crippen LogP contribution in [0.4, 0.5) is 17.1 Å². The van der Waals surface area contributed by atoms with E-state index in [1.54, 1.807) is 66.6 Å². The maximum Gasteiger partial charge on any atom is 0.291 e. The first kappa shape index (κ1) is 20.2. The SMILES string of the molecule is COc1cccc(N2C[C@H](C(=O)Nc3cccc(NC(=O)c4ccco4)c3)CC2=O)c1. The molecule has 0 radical (unpaired) electrons. The van der Waals surface area contributed by atoms with E-state index in [1.165, 1.54) is 6.26 Å². The molecule has 2 aromatic carbocycles. The average Bonchev–Trinajstić information content (AvgIpc) is 3.44. The smallest absolute Gasteiger partial charge is 0.291 e. The van der Waals surface area contributed by atoms with Crippen molar-refractivity contribution >= 4 is 34.8 Å². The van der Waals surface area contributed by atoms with Crippen molar-refractivity contribution in [1.29, 1.82) is 0 Å². The van der Waals surface area contributed by atoms with Gasteiger partial charge in [-0.3, -0.25) is 14.4 Å². The van der Waals surface area contributed by atoms with Crippen molar-refractivity contribution in [1.82, 2.24) is 0 Å². The number of furan rings is 1. The lowest BCUT2D eigenvalue weighted by atomic mass is 10.1. The van der Waals surface area contributed by atoms with Crippen LogP contribution in [0.2, 0.25) is 0 Å². The molecule has 0 unspecified atom stereocenters. The summed E-state index contributed by atoms with van der Waals surface area (Å²) in [6, 6.07) is 17.2. The van der Waals surface area contributed by atoms with Gasteiger partial charge in [-0.15, -0.1) is 0 Å². The maximum atomic E-state index is 12.8. The van der Waals surface area contributed by atoms with Crippen molar-refractivity contribution in [3.63, 3.8) is 0 Å². The predicted molar refractivity (Wildman–Crippen MR) is 115 cm³/mol. The third-order valence-electron chi connectivity index (χ3n) is 4.99. The zero-order valence-electron chi connectivity index (χ0n) is 16.8. The van der Waals surface area contributed by atoms with E-state index < -0.39 is 5.92 Å². The molecule has 1 fully saturated rings. The largest absolute Gasteiger partial charge is 0.497 e. The van der Waals surface area contributed by atoms with Crippen LogP contribution >= 0.6 is 0 Å². The summed E-state index contributed by atoms with van der Waals surface area (Å²) in [6.45, 7) is 0.284. The Morgan fingerprint density at radius 2 is 1.81 bits per heavy atom. The Bertz CT molecular complexity index is 1110. The molecule has 4 rings (SSSR count). The molecule has 0 bridgehead atoms. The number of carbonyl (C=O) groups is 3. The maximum absolute atomic E-state index is 12.8. The standard InChI is InChI=1S/C23H21N3O5/c1-30-19-8-3-7-18(13-19)26-14-15(11-21(26)27)22(28)24-16-5-2-6-17(12-16)25-23(29)20-9-4-10-31-20/h2-10,12-13,15H,11,14H2,1H3,(H,24,28)(H,25,29)/t15-/m1/s1. The molecule has 3 amide bonds. The summed E-state index contributed by atoms with van der Waals surface area (Å²) in [4.78, 5) is 39.0. The summed E-state index contributed by atoms with van der Waals surface area (Å²) in [6.07, 6.45) is 1.54. The predicted octanol–water partition coefficient (Wildman–Crippen LogP) is 3.53. The molecule has 2 N–H and O–H groups in total. The molecule has 1 saturated heterocycles. The molecule has 1 aliphatic heterocycles. The van der Waals surface area contributed by atoms with Gasteiger partial charge >= 0.3 is 0 Å². The molecule has 0 aliphatic carbocycles. The number of rotatable bonds is 6. The Labute approximate surface area is 178 Å². The Hall–Kier alpha value is -4.07. The van der Waals surface area contributed by atoms with Crippen LogP contribution in [0.1, 0.15) is 17.0 Å². The van der Waals surface area contributed by atoms with Gasteiger partial charge in [-0.1, -0.05) is 12.1 Å². The normalized spacial score (nSPS) is 15.6. The number of hydrogen-bond donors (Lipinski definition) is 2. The van der Waals surface area contributed by atoms with Crippen LogP contribution in [-0.2, 0) is 9.59 Å². The van der Waals surface area contributed by atoms with Crippen molar-refractivity contribution in [2.24, 2.45) is 5.92 Å². The lowest BCUT2D eigenvalue weighted by Gasteiger charge is -2.17. The molecular weight excluding hydrogens is 398 g/mol. The second kappa shape index (κ2) is 8.74. The van der Waals surface area contributed by atoms with Gasteiger partial charge in [0.2, 0.25) is 11.8 Å². The number of nitrogens with one attached hydrogen (secondary N) is 2. The molecular formula is C23H21N3O5. The van der Waals surface area contributed by atoms with Gasteiger partial charge in [0.25, 0.3) is 5.91 Å². The summed E-state index contributed by atoms with van der Waals surface area (Å²) in [7, 11) is 1.56. The van der Waals surface area contributed by atoms with Gasteiger partial charge in [-0.25, -0.2) is 0 Å². The number of nitrogens with zero attached hydrogens (tertiary/aromatic N) is 1. The van der Waals surface area contributed by atoms with Crippen LogP contribution in [0, 0.1) is 5.92 Å². The number of methoxy groups -OCH3 is 1. The van der Waals surface area contributed by atoms with Crippen molar-refractivity contribution < 1.29 is 23.5 Å². The number of benzene rings is 2. The molecule has 1 aliphatic rings. The van der Waals surface area contributed by atoms with Crippen LogP contribution in [0.25, 0.3) is 0 Å². The molecule has 3 aromatic rings. The van der Waals surface area contributed by atoms with Gasteiger partial charge < -0.3 is 24.7 Å². The first-order valence-corrected chi connectivity index (χ1v) is 9.73. The van der Waals surface area contributed by atoms with E-state index in [0.717, 1.165) is 0 Å². The zero-order valence-corrected chi connectivity index (χ0v) is 16.8. The number of anilines is 3. The highest BCUT2D eigenvalue weighted by Crippen LogP contribution is 2.28. The quantitative estimate of drug-likeness (QED) is 0.637. The highest BCUT2D eigenvalue weighted by Gasteiger charge is 2.35. The summed E-state index contributed by atoms with van der Waals surface area (Å²) in [5.41, 5.74) is 1.73. The molecule has 1 aromatic heterocycles. The van der Waals surface area contributed by atoms with Crippen LogP contribution in [0.15, 0.2) is 71.3 Å².